The molecule has 27 heavy (non-hydrogen) atoms. The highest BCUT2D eigenvalue weighted by Crippen LogP contribution is 2.36. The van der Waals surface area contributed by atoms with Crippen LogP contribution >= 0.6 is 0 Å². The van der Waals surface area contributed by atoms with Crippen molar-refractivity contribution in [3.05, 3.63) is 18.2 Å². The van der Waals surface area contributed by atoms with Crippen molar-refractivity contribution in [1.29, 1.82) is 0 Å². The van der Waals surface area contributed by atoms with Crippen LogP contribution in [0.3, 0.4) is 0 Å². The predicted molar refractivity (Wildman–Crippen MR) is 95.2 cm³/mol. The topological polar surface area (TPSA) is 67.9 Å². The summed E-state index contributed by atoms with van der Waals surface area (Å²) in [7, 11) is 3.11. The highest BCUT2D eigenvalue weighted by molar-refractivity contribution is 5.99. The number of benzene rings is 1. The molecule has 0 aromatic heterocycles. The fourth-order valence-corrected chi connectivity index (χ4v) is 3.49. The first-order valence-electron chi connectivity index (χ1n) is 9.07. The van der Waals surface area contributed by atoms with Gasteiger partial charge in [0.15, 0.2) is 0 Å². The number of hydrogen-bond acceptors (Lipinski definition) is 4. The second kappa shape index (κ2) is 7.70. The summed E-state index contributed by atoms with van der Waals surface area (Å²) in [5.41, 5.74) is 0.475. The molecule has 0 spiro atoms. The molecule has 148 valence electrons. The van der Waals surface area contributed by atoms with Crippen LogP contribution in [0.25, 0.3) is 0 Å². The Kier molecular flexibility index (Phi) is 5.53. The number of carbonyl (C=O) groups excluding carboxylic acids is 2. The van der Waals surface area contributed by atoms with Crippen molar-refractivity contribution in [3.63, 3.8) is 0 Å². The second-order valence-corrected chi connectivity index (χ2v) is 7.12. The largest absolute Gasteiger partial charge is 0.497 e. The summed E-state index contributed by atoms with van der Waals surface area (Å²) in [6.45, 7) is 0. The highest BCUT2D eigenvalue weighted by Gasteiger charge is 2.36. The molecule has 1 aromatic carbocycles. The molecule has 1 aromatic rings. The number of carbonyl (C=O) groups is 2. The first-order chi connectivity index (χ1) is 12.8. The fraction of sp³-hybridized carbons (Fsp3) is 0.579. The minimum atomic E-state index is -2.61. The number of alkyl halides is 2. The zero-order chi connectivity index (χ0) is 19.6. The Morgan fingerprint density at radius 3 is 2.44 bits per heavy atom. The third kappa shape index (κ3) is 4.67. The maximum Gasteiger partial charge on any atom is 0.248 e. The average Bonchev–Trinajstić information content (AvgIpc) is 2.96. The molecule has 0 unspecified atom stereocenters. The van der Waals surface area contributed by atoms with Gasteiger partial charge < -0.3 is 19.7 Å². The number of nitrogens with one attached hydrogen (secondary N) is 1. The summed E-state index contributed by atoms with van der Waals surface area (Å²) >= 11 is 0. The Morgan fingerprint density at radius 2 is 1.85 bits per heavy atom. The molecule has 1 N–H and O–H groups in total. The monoisotopic (exact) mass is 382 g/mol. The summed E-state index contributed by atoms with van der Waals surface area (Å²) in [6.07, 6.45) is 0.722. The smallest absolute Gasteiger partial charge is 0.248 e. The Hall–Kier alpha value is -2.38. The number of nitrogens with zero attached hydrogens (tertiary/aromatic N) is 1. The van der Waals surface area contributed by atoms with Crippen molar-refractivity contribution in [2.75, 3.05) is 19.5 Å². The summed E-state index contributed by atoms with van der Waals surface area (Å²) in [5.74, 6) is -2.01. The van der Waals surface area contributed by atoms with E-state index in [-0.39, 0.29) is 43.6 Å². The van der Waals surface area contributed by atoms with Gasteiger partial charge in [-0.05, 0) is 19.3 Å². The van der Waals surface area contributed by atoms with Crippen LogP contribution in [0.1, 0.15) is 38.5 Å². The summed E-state index contributed by atoms with van der Waals surface area (Å²) in [5, 5.41) is 2.79. The molecule has 1 aliphatic carbocycles. The Bertz CT molecular complexity index is 716. The number of rotatable bonds is 5. The summed E-state index contributed by atoms with van der Waals surface area (Å²) in [6, 6.07) is 4.45. The molecule has 0 bridgehead atoms. The second-order valence-electron chi connectivity index (χ2n) is 7.12. The van der Waals surface area contributed by atoms with Crippen LogP contribution in [0.15, 0.2) is 18.2 Å². The van der Waals surface area contributed by atoms with Gasteiger partial charge >= 0.3 is 0 Å². The number of anilines is 1. The lowest BCUT2D eigenvalue weighted by atomic mass is 9.94. The molecule has 2 amide bonds. The summed E-state index contributed by atoms with van der Waals surface area (Å²) in [4.78, 5) is 25.5. The van der Waals surface area contributed by atoms with Gasteiger partial charge in [0.25, 0.3) is 0 Å². The van der Waals surface area contributed by atoms with Gasteiger partial charge in [0, 0.05) is 50.2 Å². The Balaban J connectivity index is 1.68. The van der Waals surface area contributed by atoms with Gasteiger partial charge in [-0.2, -0.15) is 0 Å². The molecule has 2 aliphatic rings. The van der Waals surface area contributed by atoms with E-state index in [1.54, 1.807) is 25.2 Å². The lowest BCUT2D eigenvalue weighted by Crippen LogP contribution is -2.38. The molecule has 6 nitrogen and oxygen atoms in total. The first-order valence-corrected chi connectivity index (χ1v) is 9.07. The van der Waals surface area contributed by atoms with Crippen LogP contribution in [-0.2, 0) is 9.59 Å². The molecular formula is C19H24F2N2O4. The standard InChI is InChI=1S/C19H24F2N2O4/c1-23-16(3-4-17(23)24)18(25)22-12-9-14(26-2)11-15(10-12)27-13-5-7-19(20,21)8-6-13/h9-11,13,16H,3-8H2,1-2H3,(H,22,25)/t16-/m0/s1. The molecule has 0 radical (unpaired) electrons. The van der Waals surface area contributed by atoms with Crippen molar-refractivity contribution >= 4 is 17.5 Å². The van der Waals surface area contributed by atoms with E-state index in [1.807, 2.05) is 0 Å². The van der Waals surface area contributed by atoms with E-state index >= 15 is 0 Å². The van der Waals surface area contributed by atoms with Gasteiger partial charge in [0.1, 0.15) is 17.5 Å². The molecule has 1 atom stereocenters. The van der Waals surface area contributed by atoms with E-state index < -0.39 is 12.0 Å². The van der Waals surface area contributed by atoms with Crippen LogP contribution in [0.2, 0.25) is 0 Å². The maximum absolute atomic E-state index is 13.3. The lowest BCUT2D eigenvalue weighted by Gasteiger charge is -2.29. The van der Waals surface area contributed by atoms with E-state index in [0.29, 0.717) is 30.0 Å². The van der Waals surface area contributed by atoms with Gasteiger partial charge in [0.2, 0.25) is 17.7 Å². The molecule has 8 heteroatoms. The van der Waals surface area contributed by atoms with Crippen molar-refractivity contribution in [3.8, 4) is 11.5 Å². The first kappa shape index (κ1) is 19.4. The number of likely N-dealkylation sites (tertiary alicyclic amines) is 1. The lowest BCUT2D eigenvalue weighted by molar-refractivity contribution is -0.131. The summed E-state index contributed by atoms with van der Waals surface area (Å²) < 4.78 is 37.7. The van der Waals surface area contributed by atoms with Crippen molar-refractivity contribution in [1.82, 2.24) is 4.90 Å². The van der Waals surface area contributed by atoms with Gasteiger partial charge in [0.05, 0.1) is 13.2 Å². The maximum atomic E-state index is 13.3. The van der Waals surface area contributed by atoms with Crippen LogP contribution in [0.5, 0.6) is 11.5 Å². The molecule has 2 fully saturated rings. The molecule has 1 aliphatic heterocycles. The quantitative estimate of drug-likeness (QED) is 0.849. The predicted octanol–water partition coefficient (Wildman–Crippen LogP) is 3.21. The van der Waals surface area contributed by atoms with Crippen LogP contribution in [0, 0.1) is 0 Å². The van der Waals surface area contributed by atoms with Gasteiger partial charge in [-0.1, -0.05) is 0 Å². The van der Waals surface area contributed by atoms with E-state index in [1.165, 1.54) is 12.0 Å². The number of halogens is 2. The fourth-order valence-electron chi connectivity index (χ4n) is 3.49. The van der Waals surface area contributed by atoms with Crippen molar-refractivity contribution < 1.29 is 27.8 Å². The van der Waals surface area contributed by atoms with Gasteiger partial charge in [-0.15, -0.1) is 0 Å². The van der Waals surface area contributed by atoms with Gasteiger partial charge in [-0.25, -0.2) is 8.78 Å². The van der Waals surface area contributed by atoms with Crippen LogP contribution in [-0.4, -0.2) is 48.9 Å². The average molecular weight is 382 g/mol. The Morgan fingerprint density at radius 1 is 1.19 bits per heavy atom. The third-order valence-electron chi connectivity index (χ3n) is 5.15. The van der Waals surface area contributed by atoms with E-state index in [0.717, 1.165) is 0 Å². The van der Waals surface area contributed by atoms with Gasteiger partial charge in [-0.3, -0.25) is 9.59 Å². The number of hydrogen-bond donors (Lipinski definition) is 1. The number of methoxy groups -OCH3 is 1. The van der Waals surface area contributed by atoms with E-state index in [9.17, 15) is 18.4 Å². The molecule has 1 heterocycles. The minimum absolute atomic E-state index is 0.0566. The zero-order valence-electron chi connectivity index (χ0n) is 15.5. The minimum Gasteiger partial charge on any atom is -0.497 e. The van der Waals surface area contributed by atoms with Crippen molar-refractivity contribution in [2.24, 2.45) is 0 Å². The van der Waals surface area contributed by atoms with Crippen LogP contribution in [0.4, 0.5) is 14.5 Å². The molecule has 1 saturated carbocycles. The molecule has 1 saturated heterocycles. The third-order valence-corrected chi connectivity index (χ3v) is 5.15. The SMILES string of the molecule is COc1cc(NC(=O)[C@@H]2CCC(=O)N2C)cc(OC2CCC(F)(F)CC2)c1. The van der Waals surface area contributed by atoms with E-state index in [4.69, 9.17) is 9.47 Å². The number of amides is 2. The zero-order valence-corrected chi connectivity index (χ0v) is 15.5. The van der Waals surface area contributed by atoms with Crippen molar-refractivity contribution in [2.45, 2.75) is 56.6 Å². The molecular weight excluding hydrogens is 358 g/mol. The van der Waals surface area contributed by atoms with E-state index in [2.05, 4.69) is 5.32 Å². The highest BCUT2D eigenvalue weighted by atomic mass is 19.3. The number of likely N-dealkylation sites (N-methyl/N-ethyl adjacent to an activating group) is 1. The normalized spacial score (nSPS) is 22.6. The number of ether oxygens (including phenoxy) is 2. The van der Waals surface area contributed by atoms with Crippen LogP contribution < -0.4 is 14.8 Å². The Labute approximate surface area is 156 Å². The molecule has 3 rings (SSSR count).